The number of thiocarbonyl (C=S) groups is 1. The fourth-order valence-corrected chi connectivity index (χ4v) is 6.72. The number of thiazole rings is 1. The highest BCUT2D eigenvalue weighted by Gasteiger charge is 2.23. The maximum absolute atomic E-state index is 12.0. The fourth-order valence-electron chi connectivity index (χ4n) is 5.76. The van der Waals surface area contributed by atoms with Gasteiger partial charge in [0.15, 0.2) is 11.5 Å². The molecule has 7 rings (SSSR count). The van der Waals surface area contributed by atoms with Gasteiger partial charge in [-0.05, 0) is 42.5 Å². The first kappa shape index (κ1) is 37.7. The monoisotopic (exact) mass is 776 g/mol. The number of esters is 1. The van der Waals surface area contributed by atoms with Gasteiger partial charge in [-0.3, -0.25) is 20.2 Å². The zero-order chi connectivity index (χ0) is 39.2. The topological polar surface area (TPSA) is 207 Å². The summed E-state index contributed by atoms with van der Waals surface area (Å²) in [5, 5.41) is 34.9. The summed E-state index contributed by atoms with van der Waals surface area (Å²) in [6.07, 6.45) is 0. The molecule has 1 aliphatic heterocycles. The molecule has 3 N–H and O–H groups in total. The molecule has 0 aliphatic carbocycles. The summed E-state index contributed by atoms with van der Waals surface area (Å²) in [6.45, 7) is 1.00. The second-order valence-corrected chi connectivity index (χ2v) is 12.9. The van der Waals surface area contributed by atoms with E-state index in [9.17, 15) is 34.9 Å². The normalized spacial score (nSPS) is 11.4. The summed E-state index contributed by atoms with van der Waals surface area (Å²) in [5.74, 6) is -0.438. The predicted molar refractivity (Wildman–Crippen MR) is 209 cm³/mol. The summed E-state index contributed by atoms with van der Waals surface area (Å²) in [5.41, 5.74) is 9.38. The van der Waals surface area contributed by atoms with Gasteiger partial charge in [0.25, 0.3) is 11.4 Å². The fraction of sp³-hybridized carbons (Fsp3) is 0.0769. The van der Waals surface area contributed by atoms with Crippen LogP contribution >= 0.6 is 23.6 Å². The molecule has 0 spiro atoms. The van der Waals surface area contributed by atoms with Crippen molar-refractivity contribution in [1.29, 1.82) is 0 Å². The summed E-state index contributed by atoms with van der Waals surface area (Å²) in [7, 11) is 1.24. The van der Waals surface area contributed by atoms with Crippen LogP contribution in [0.4, 0.5) is 11.4 Å². The molecule has 0 saturated heterocycles. The number of hydrogen-bond acceptors (Lipinski definition) is 12. The zero-order valence-corrected chi connectivity index (χ0v) is 30.3. The van der Waals surface area contributed by atoms with E-state index in [1.54, 1.807) is 60.7 Å². The Morgan fingerprint density at radius 1 is 0.782 bits per heavy atom. The molecule has 0 unspecified atom stereocenters. The molecule has 1 aliphatic rings. The Kier molecular flexibility index (Phi) is 11.2. The second kappa shape index (κ2) is 16.3. The number of para-hydroxylation sites is 2. The van der Waals surface area contributed by atoms with Crippen molar-refractivity contribution in [3.05, 3.63) is 145 Å². The number of carbonyl (C=O) groups is 2. The zero-order valence-electron chi connectivity index (χ0n) is 28.7. The van der Waals surface area contributed by atoms with Crippen LogP contribution in [0.2, 0.25) is 0 Å². The first-order valence-electron chi connectivity index (χ1n) is 16.2. The molecule has 0 fully saturated rings. The third-order valence-corrected chi connectivity index (χ3v) is 9.46. The number of carbonyl (C=O) groups excluding carboxylic acids is 1. The Bertz CT molecular complexity index is 2500. The van der Waals surface area contributed by atoms with Gasteiger partial charge in [0.1, 0.15) is 23.2 Å². The van der Waals surface area contributed by atoms with Crippen LogP contribution in [-0.2, 0) is 4.74 Å². The standard InChI is InChI=1S/C24H16N2O6S.C15H12N2O4S/c27-24(28)18-11-15(5-7-16(18)17-3-1-2-4-20(17)26(29)30)23-25-19(13-33-23)14-6-8-21-22(12-14)32-10-9-31-21;1-21-15(18)12-8-9(14(16)22)6-7-10(12)11-4-2-3-5-13(11)17(19)20/h1-8,11-13H,9-10H2,(H,27,28);2-8H,1H3,(H2,16,22). The number of nitro groups is 2. The van der Waals surface area contributed by atoms with Crippen LogP contribution in [0.15, 0.2) is 109 Å². The van der Waals surface area contributed by atoms with Gasteiger partial charge in [0.2, 0.25) is 0 Å². The number of nitrogens with two attached hydrogens (primary N) is 1. The van der Waals surface area contributed by atoms with Gasteiger partial charge in [-0.2, -0.15) is 0 Å². The smallest absolute Gasteiger partial charge is 0.338 e. The molecule has 0 atom stereocenters. The number of methoxy groups -OCH3 is 1. The molecule has 0 bridgehead atoms. The number of aromatic nitrogens is 1. The molecular weight excluding hydrogens is 749 g/mol. The van der Waals surface area contributed by atoms with Crippen molar-refractivity contribution in [1.82, 2.24) is 4.98 Å². The van der Waals surface area contributed by atoms with Crippen molar-refractivity contribution in [3.63, 3.8) is 0 Å². The molecule has 276 valence electrons. The third kappa shape index (κ3) is 8.14. The van der Waals surface area contributed by atoms with E-state index in [4.69, 9.17) is 32.2 Å². The van der Waals surface area contributed by atoms with Crippen molar-refractivity contribution < 1.29 is 38.8 Å². The van der Waals surface area contributed by atoms with Gasteiger partial charge >= 0.3 is 11.9 Å². The first-order chi connectivity index (χ1) is 26.5. The average molecular weight is 777 g/mol. The van der Waals surface area contributed by atoms with Crippen molar-refractivity contribution in [2.45, 2.75) is 0 Å². The van der Waals surface area contributed by atoms with Crippen LogP contribution in [-0.4, -0.2) is 57.2 Å². The lowest BCUT2D eigenvalue weighted by Gasteiger charge is -2.18. The molecule has 1 aromatic heterocycles. The summed E-state index contributed by atoms with van der Waals surface area (Å²) in [6, 6.07) is 27.3. The van der Waals surface area contributed by atoms with Crippen molar-refractivity contribution >= 4 is 51.9 Å². The number of nitrogens with zero attached hydrogens (tertiary/aromatic N) is 3. The molecular formula is C39H28N4O10S2. The average Bonchev–Trinajstić information content (AvgIpc) is 3.71. The van der Waals surface area contributed by atoms with Crippen LogP contribution in [0.25, 0.3) is 44.1 Å². The highest BCUT2D eigenvalue weighted by molar-refractivity contribution is 7.80. The van der Waals surface area contributed by atoms with E-state index in [1.807, 2.05) is 23.6 Å². The van der Waals surface area contributed by atoms with E-state index in [2.05, 4.69) is 4.98 Å². The van der Waals surface area contributed by atoms with E-state index in [1.165, 1.54) is 42.7 Å². The number of fused-ring (bicyclic) bond motifs is 1. The number of benzene rings is 5. The van der Waals surface area contributed by atoms with Gasteiger partial charge in [0.05, 0.1) is 44.9 Å². The number of rotatable bonds is 9. The van der Waals surface area contributed by atoms with Gasteiger partial charge in [-0.15, -0.1) is 11.3 Å². The van der Waals surface area contributed by atoms with E-state index >= 15 is 0 Å². The van der Waals surface area contributed by atoms with Crippen LogP contribution < -0.4 is 15.2 Å². The number of aromatic carboxylic acids is 1. The lowest BCUT2D eigenvalue weighted by molar-refractivity contribution is -0.384. The van der Waals surface area contributed by atoms with Crippen LogP contribution in [0, 0.1) is 20.2 Å². The number of carboxylic acid groups (broad SMARTS) is 1. The van der Waals surface area contributed by atoms with Crippen molar-refractivity contribution in [2.75, 3.05) is 20.3 Å². The summed E-state index contributed by atoms with van der Waals surface area (Å²) < 4.78 is 15.9. The number of carboxylic acids is 1. The maximum Gasteiger partial charge on any atom is 0.338 e. The lowest BCUT2D eigenvalue weighted by atomic mass is 9.96. The molecule has 0 saturated carbocycles. The quantitative estimate of drug-likeness (QED) is 0.0615. The molecule has 5 aromatic carbocycles. The molecule has 2 heterocycles. The van der Waals surface area contributed by atoms with Crippen molar-refractivity contribution in [3.8, 4) is 55.6 Å². The Morgan fingerprint density at radius 2 is 1.36 bits per heavy atom. The van der Waals surface area contributed by atoms with Gasteiger partial charge < -0.3 is 25.1 Å². The molecule has 0 radical (unpaired) electrons. The lowest BCUT2D eigenvalue weighted by Crippen LogP contribution is -2.15. The number of hydrogen-bond donors (Lipinski definition) is 2. The van der Waals surface area contributed by atoms with Gasteiger partial charge in [-0.1, -0.05) is 60.7 Å². The van der Waals surface area contributed by atoms with Crippen LogP contribution in [0.1, 0.15) is 26.3 Å². The Balaban J connectivity index is 0.000000204. The number of nitro benzene ring substituents is 2. The largest absolute Gasteiger partial charge is 0.486 e. The minimum absolute atomic E-state index is 0.0297. The second-order valence-electron chi connectivity index (χ2n) is 11.6. The van der Waals surface area contributed by atoms with E-state index in [0.717, 1.165) is 11.3 Å². The Morgan fingerprint density at radius 3 is 1.96 bits per heavy atom. The van der Waals surface area contributed by atoms with Gasteiger partial charge in [-0.25, -0.2) is 14.6 Å². The Hall–Kier alpha value is -7.04. The molecule has 14 nitrogen and oxygen atoms in total. The maximum atomic E-state index is 12.0. The minimum Gasteiger partial charge on any atom is -0.486 e. The molecule has 16 heteroatoms. The molecule has 55 heavy (non-hydrogen) atoms. The van der Waals surface area contributed by atoms with Gasteiger partial charge in [0, 0.05) is 45.3 Å². The highest BCUT2D eigenvalue weighted by atomic mass is 32.1. The van der Waals surface area contributed by atoms with E-state index < -0.39 is 21.8 Å². The third-order valence-electron chi connectivity index (χ3n) is 8.33. The van der Waals surface area contributed by atoms with Crippen molar-refractivity contribution in [2.24, 2.45) is 5.73 Å². The predicted octanol–water partition coefficient (Wildman–Crippen LogP) is 8.20. The molecule has 6 aromatic rings. The highest BCUT2D eigenvalue weighted by Crippen LogP contribution is 2.39. The Labute approximate surface area is 321 Å². The minimum atomic E-state index is -1.17. The first-order valence-corrected chi connectivity index (χ1v) is 17.5. The van der Waals surface area contributed by atoms with Crippen LogP contribution in [0.5, 0.6) is 11.5 Å². The SMILES string of the molecule is COC(=O)c1cc(C(N)=S)ccc1-c1ccccc1[N+](=O)[O-].O=C(O)c1cc(-c2nc(-c3ccc4c(c3)OCCO4)cs2)ccc1-c1ccccc1[N+](=O)[O-]. The van der Waals surface area contributed by atoms with E-state index in [0.29, 0.717) is 52.0 Å². The molecule has 0 amide bonds. The summed E-state index contributed by atoms with van der Waals surface area (Å²) >= 11 is 6.27. The van der Waals surface area contributed by atoms with Crippen LogP contribution in [0.3, 0.4) is 0 Å². The van der Waals surface area contributed by atoms with E-state index in [-0.39, 0.29) is 38.6 Å². The number of ether oxygens (including phenoxy) is 3. The summed E-state index contributed by atoms with van der Waals surface area (Å²) in [4.78, 5) is 50.4.